The van der Waals surface area contributed by atoms with Gasteiger partial charge in [-0.1, -0.05) is 18.2 Å². The number of aromatic amines is 1. The Kier molecular flexibility index (Phi) is 9.73. The van der Waals surface area contributed by atoms with Crippen molar-refractivity contribution in [3.63, 3.8) is 0 Å². The summed E-state index contributed by atoms with van der Waals surface area (Å²) in [6.45, 7) is 11.1. The molecule has 1 atom stereocenters. The fourth-order valence-electron chi connectivity index (χ4n) is 3.79. The lowest BCUT2D eigenvalue weighted by Crippen LogP contribution is -2.46. The minimum Gasteiger partial charge on any atom is -0.444 e. The maximum Gasteiger partial charge on any atom is 0.407 e. The van der Waals surface area contributed by atoms with Crippen molar-refractivity contribution >= 4 is 29.1 Å². The van der Waals surface area contributed by atoms with Crippen LogP contribution in [0.1, 0.15) is 65.0 Å². The number of rotatable bonds is 9. The van der Waals surface area contributed by atoms with Gasteiger partial charge in [-0.05, 0) is 89.8 Å². The number of carbonyl (C=O) groups is 3. The van der Waals surface area contributed by atoms with Crippen molar-refractivity contribution in [1.82, 2.24) is 25.9 Å². The summed E-state index contributed by atoms with van der Waals surface area (Å²) in [6.07, 6.45) is -0.156. The van der Waals surface area contributed by atoms with Crippen LogP contribution in [-0.2, 0) is 9.47 Å². The molecular weight excluding hydrogens is 517 g/mol. The fraction of sp³-hybridized carbons (Fsp3) is 0.448. The van der Waals surface area contributed by atoms with Crippen LogP contribution in [0.5, 0.6) is 0 Å². The molecule has 0 saturated carbocycles. The van der Waals surface area contributed by atoms with Gasteiger partial charge in [0, 0.05) is 19.1 Å². The molecule has 0 bridgehead atoms. The number of nitrogens with zero attached hydrogens (tertiary/aromatic N) is 1. The van der Waals surface area contributed by atoms with E-state index in [1.807, 2.05) is 12.1 Å². The second kappa shape index (κ2) is 12.8. The highest BCUT2D eigenvalue weighted by molar-refractivity contribution is 5.95. The van der Waals surface area contributed by atoms with E-state index in [-0.39, 0.29) is 18.2 Å². The van der Waals surface area contributed by atoms with E-state index in [2.05, 4.69) is 25.9 Å². The molecule has 11 heteroatoms. The number of alkyl carbamates (subject to hydrolysis) is 2. The predicted molar refractivity (Wildman–Crippen MR) is 150 cm³/mol. The normalized spacial score (nSPS) is 12.5. The molecule has 0 unspecified atom stereocenters. The summed E-state index contributed by atoms with van der Waals surface area (Å²) >= 11 is 0. The van der Waals surface area contributed by atoms with Gasteiger partial charge in [-0.25, -0.2) is 19.0 Å². The number of nitrogens with one attached hydrogen (secondary N) is 4. The molecule has 0 fully saturated rings. The highest BCUT2D eigenvalue weighted by Crippen LogP contribution is 2.23. The minimum atomic E-state index is -0.683. The Hall–Kier alpha value is -4.15. The van der Waals surface area contributed by atoms with Crippen LogP contribution in [0.2, 0.25) is 0 Å². The molecule has 0 spiro atoms. The van der Waals surface area contributed by atoms with E-state index in [1.165, 1.54) is 12.1 Å². The third-order valence-corrected chi connectivity index (χ3v) is 5.50. The van der Waals surface area contributed by atoms with Gasteiger partial charge in [0.15, 0.2) is 5.82 Å². The Balaban J connectivity index is 1.61. The summed E-state index contributed by atoms with van der Waals surface area (Å²) in [6, 6.07) is 11.2. The zero-order valence-corrected chi connectivity index (χ0v) is 23.8. The molecule has 0 aliphatic carbocycles. The molecule has 216 valence electrons. The van der Waals surface area contributed by atoms with Crippen LogP contribution in [0.25, 0.3) is 22.2 Å². The monoisotopic (exact) mass is 555 g/mol. The largest absolute Gasteiger partial charge is 0.444 e. The minimum absolute atomic E-state index is 0.113. The number of fused-ring (bicyclic) bond motifs is 1. The van der Waals surface area contributed by atoms with Gasteiger partial charge in [0.25, 0.3) is 5.91 Å². The second-order valence-electron chi connectivity index (χ2n) is 11.4. The van der Waals surface area contributed by atoms with E-state index in [4.69, 9.17) is 9.47 Å². The molecule has 1 aromatic heterocycles. The maximum absolute atomic E-state index is 13.3. The molecule has 2 aromatic carbocycles. The zero-order chi connectivity index (χ0) is 29.5. The summed E-state index contributed by atoms with van der Waals surface area (Å²) in [7, 11) is 0. The standard InChI is InChI=1S/C29H38FN5O5/c1-28(2,3)39-26(37)31-15-7-8-21(33-27(38)40-29(4,5)6)17-32-25(36)24-34-22-14-11-19(16-23(22)35-24)18-9-12-20(30)13-10-18/h9-14,16,21H,7-8,15,17H2,1-6H3,(H,31,37)(H,32,36)(H,33,38)(H,34,35)/t21-/m0/s1. The summed E-state index contributed by atoms with van der Waals surface area (Å²) in [5.41, 5.74) is 1.66. The number of imidazole rings is 1. The average Bonchev–Trinajstić information content (AvgIpc) is 3.26. The molecule has 4 N–H and O–H groups in total. The van der Waals surface area contributed by atoms with E-state index in [1.54, 1.807) is 59.7 Å². The molecule has 0 aliphatic rings. The van der Waals surface area contributed by atoms with Gasteiger partial charge >= 0.3 is 12.2 Å². The van der Waals surface area contributed by atoms with Crippen LogP contribution in [0.3, 0.4) is 0 Å². The van der Waals surface area contributed by atoms with Crippen LogP contribution >= 0.6 is 0 Å². The predicted octanol–water partition coefficient (Wildman–Crippen LogP) is 5.30. The quantitative estimate of drug-likeness (QED) is 0.265. The molecule has 3 amide bonds. The highest BCUT2D eigenvalue weighted by atomic mass is 19.1. The zero-order valence-electron chi connectivity index (χ0n) is 23.8. The van der Waals surface area contributed by atoms with E-state index in [9.17, 15) is 18.8 Å². The number of aromatic nitrogens is 2. The van der Waals surface area contributed by atoms with Gasteiger partial charge in [0.1, 0.15) is 17.0 Å². The van der Waals surface area contributed by atoms with Crippen LogP contribution < -0.4 is 16.0 Å². The summed E-state index contributed by atoms with van der Waals surface area (Å²) in [4.78, 5) is 44.6. The molecule has 0 aliphatic heterocycles. The molecule has 3 rings (SSSR count). The smallest absolute Gasteiger partial charge is 0.407 e. The van der Waals surface area contributed by atoms with E-state index in [0.29, 0.717) is 30.4 Å². The fourth-order valence-corrected chi connectivity index (χ4v) is 3.79. The third kappa shape index (κ3) is 9.87. The van der Waals surface area contributed by atoms with Crippen molar-refractivity contribution in [3.05, 3.63) is 54.1 Å². The Morgan fingerprint density at radius 3 is 2.17 bits per heavy atom. The Morgan fingerprint density at radius 1 is 0.900 bits per heavy atom. The number of amides is 3. The van der Waals surface area contributed by atoms with Gasteiger partial charge in [0.05, 0.1) is 11.0 Å². The Labute approximate surface area is 233 Å². The molecule has 0 saturated heterocycles. The Morgan fingerprint density at radius 2 is 1.52 bits per heavy atom. The van der Waals surface area contributed by atoms with Crippen molar-refractivity contribution < 1.29 is 28.2 Å². The first-order valence-corrected chi connectivity index (χ1v) is 13.2. The lowest BCUT2D eigenvalue weighted by Gasteiger charge is -2.24. The summed E-state index contributed by atoms with van der Waals surface area (Å²) < 4.78 is 23.9. The average molecular weight is 556 g/mol. The molecule has 3 aromatic rings. The van der Waals surface area contributed by atoms with Gasteiger partial charge in [-0.15, -0.1) is 0 Å². The van der Waals surface area contributed by atoms with Crippen molar-refractivity contribution in [3.8, 4) is 11.1 Å². The van der Waals surface area contributed by atoms with Crippen molar-refractivity contribution in [2.75, 3.05) is 13.1 Å². The first kappa shape index (κ1) is 30.4. The van der Waals surface area contributed by atoms with Gasteiger partial charge in [-0.2, -0.15) is 0 Å². The second-order valence-corrected chi connectivity index (χ2v) is 11.4. The number of halogens is 1. The topological polar surface area (TPSA) is 134 Å². The van der Waals surface area contributed by atoms with Crippen LogP contribution in [0, 0.1) is 5.82 Å². The number of ether oxygens (including phenoxy) is 2. The van der Waals surface area contributed by atoms with E-state index >= 15 is 0 Å². The van der Waals surface area contributed by atoms with E-state index < -0.39 is 35.3 Å². The summed E-state index contributed by atoms with van der Waals surface area (Å²) in [5, 5.41) is 8.28. The van der Waals surface area contributed by atoms with Crippen molar-refractivity contribution in [1.29, 1.82) is 0 Å². The molecule has 10 nitrogen and oxygen atoms in total. The highest BCUT2D eigenvalue weighted by Gasteiger charge is 2.21. The van der Waals surface area contributed by atoms with Gasteiger partial charge < -0.3 is 30.4 Å². The molecule has 1 heterocycles. The number of hydrogen-bond donors (Lipinski definition) is 4. The number of hydrogen-bond acceptors (Lipinski definition) is 6. The lowest BCUT2D eigenvalue weighted by atomic mass is 10.1. The number of benzene rings is 2. The van der Waals surface area contributed by atoms with Crippen LogP contribution in [0.4, 0.5) is 14.0 Å². The maximum atomic E-state index is 13.3. The number of H-pyrrole nitrogens is 1. The third-order valence-electron chi connectivity index (χ3n) is 5.50. The SMILES string of the molecule is CC(C)(C)OC(=O)NCCC[C@@H](CNC(=O)c1nc2ccc(-c3ccc(F)cc3)cc2[nH]1)NC(=O)OC(C)(C)C. The van der Waals surface area contributed by atoms with Gasteiger partial charge in [-0.3, -0.25) is 4.79 Å². The Bertz CT molecular complexity index is 1330. The molecular formula is C29H38FN5O5. The van der Waals surface area contributed by atoms with Gasteiger partial charge in [0.2, 0.25) is 0 Å². The lowest BCUT2D eigenvalue weighted by molar-refractivity contribution is 0.0487. The molecule has 40 heavy (non-hydrogen) atoms. The van der Waals surface area contributed by atoms with E-state index in [0.717, 1.165) is 11.1 Å². The molecule has 0 radical (unpaired) electrons. The first-order valence-electron chi connectivity index (χ1n) is 13.2. The van der Waals surface area contributed by atoms with Crippen molar-refractivity contribution in [2.45, 2.75) is 71.6 Å². The van der Waals surface area contributed by atoms with Crippen LogP contribution in [0.15, 0.2) is 42.5 Å². The van der Waals surface area contributed by atoms with Crippen LogP contribution in [-0.4, -0.2) is 58.4 Å². The van der Waals surface area contributed by atoms with Crippen molar-refractivity contribution in [2.24, 2.45) is 0 Å². The summed E-state index contributed by atoms with van der Waals surface area (Å²) in [5.74, 6) is -0.639. The first-order chi connectivity index (χ1) is 18.7. The number of carbonyl (C=O) groups excluding carboxylic acids is 3.